The zero-order valence-corrected chi connectivity index (χ0v) is 18.7. The first-order chi connectivity index (χ1) is 12.8. The summed E-state index contributed by atoms with van der Waals surface area (Å²) in [6.45, 7) is 4.01. The van der Waals surface area contributed by atoms with E-state index < -0.39 is 5.60 Å². The van der Waals surface area contributed by atoms with Gasteiger partial charge in [0.05, 0.1) is 18.8 Å². The van der Waals surface area contributed by atoms with Crippen LogP contribution in [-0.2, 0) is 9.53 Å². The van der Waals surface area contributed by atoms with E-state index in [1.165, 1.54) is 7.11 Å². The Bertz CT molecular complexity index is 487. The van der Waals surface area contributed by atoms with E-state index in [1.54, 1.807) is 0 Å². The van der Waals surface area contributed by atoms with Gasteiger partial charge in [0.1, 0.15) is 0 Å². The molecule has 0 amide bonds. The number of aliphatic hydroxyl groups is 2. The molecule has 0 radical (unpaired) electrons. The van der Waals surface area contributed by atoms with Crippen LogP contribution in [0.2, 0.25) is 0 Å². The van der Waals surface area contributed by atoms with Gasteiger partial charge >= 0.3 is 5.97 Å². The summed E-state index contributed by atoms with van der Waals surface area (Å²) in [5.41, 5.74) is -0.812. The monoisotopic (exact) mass is 444 g/mol. The minimum Gasteiger partial charge on any atom is -0.469 e. The zero-order valence-electron chi connectivity index (χ0n) is 17.1. The van der Waals surface area contributed by atoms with Crippen LogP contribution >= 0.6 is 15.9 Å². The van der Waals surface area contributed by atoms with Crippen LogP contribution in [0.3, 0.4) is 0 Å². The lowest BCUT2D eigenvalue weighted by molar-refractivity contribution is -0.140. The Hall–Kier alpha value is -0.650. The van der Waals surface area contributed by atoms with Crippen molar-refractivity contribution in [3.8, 4) is 0 Å². The van der Waals surface area contributed by atoms with Crippen molar-refractivity contribution in [1.82, 2.24) is 0 Å². The molecule has 0 aromatic rings. The molecule has 1 fully saturated rings. The summed E-state index contributed by atoms with van der Waals surface area (Å²) in [5, 5.41) is 21.0. The molecule has 0 spiro atoms. The molecule has 0 heterocycles. The topological polar surface area (TPSA) is 66.8 Å². The average molecular weight is 445 g/mol. The molecule has 2 N–H and O–H groups in total. The number of hydrogen-bond acceptors (Lipinski definition) is 4. The number of hydrogen-bond donors (Lipinski definition) is 2. The minimum absolute atomic E-state index is 0.0479. The number of halogens is 1. The summed E-state index contributed by atoms with van der Waals surface area (Å²) in [4.78, 5) is 11.4. The molecule has 1 aliphatic rings. The largest absolute Gasteiger partial charge is 0.469 e. The third kappa shape index (κ3) is 9.40. The van der Waals surface area contributed by atoms with Crippen molar-refractivity contribution in [1.29, 1.82) is 0 Å². The highest BCUT2D eigenvalue weighted by Gasteiger charge is 2.39. The van der Waals surface area contributed by atoms with Crippen molar-refractivity contribution >= 4 is 21.9 Å². The third-order valence-corrected chi connectivity index (χ3v) is 6.44. The van der Waals surface area contributed by atoms with E-state index in [4.69, 9.17) is 0 Å². The lowest BCUT2D eigenvalue weighted by atomic mass is 9.88. The maximum absolute atomic E-state index is 11.1. The third-order valence-electron chi connectivity index (χ3n) is 5.39. The molecule has 0 aromatic heterocycles. The zero-order chi connectivity index (χ0) is 20.3. The van der Waals surface area contributed by atoms with Gasteiger partial charge in [0.2, 0.25) is 0 Å². The summed E-state index contributed by atoms with van der Waals surface area (Å²) in [6, 6.07) is 0. The normalized spacial score (nSPS) is 28.1. The van der Waals surface area contributed by atoms with Gasteiger partial charge in [-0.25, -0.2) is 0 Å². The summed E-state index contributed by atoms with van der Waals surface area (Å²) in [6.07, 6.45) is 15.5. The average Bonchev–Trinajstić information content (AvgIpc) is 2.89. The number of ether oxygens (including phenoxy) is 1. The molecule has 27 heavy (non-hydrogen) atoms. The van der Waals surface area contributed by atoms with Crippen LogP contribution in [0.1, 0.15) is 71.6 Å². The van der Waals surface area contributed by atoms with Crippen molar-refractivity contribution in [3.05, 3.63) is 24.3 Å². The Morgan fingerprint density at radius 1 is 1.30 bits per heavy atom. The fourth-order valence-electron chi connectivity index (χ4n) is 3.64. The van der Waals surface area contributed by atoms with Crippen LogP contribution in [0.5, 0.6) is 0 Å². The van der Waals surface area contributed by atoms with Crippen LogP contribution in [0.15, 0.2) is 24.3 Å². The predicted molar refractivity (Wildman–Crippen MR) is 114 cm³/mol. The first kappa shape index (κ1) is 24.4. The molecule has 5 atom stereocenters. The Balaban J connectivity index is 2.54. The Kier molecular flexibility index (Phi) is 11.5. The minimum atomic E-state index is -0.812. The Morgan fingerprint density at radius 2 is 2.04 bits per heavy atom. The van der Waals surface area contributed by atoms with Gasteiger partial charge in [-0.2, -0.15) is 0 Å². The smallest absolute Gasteiger partial charge is 0.305 e. The Morgan fingerprint density at radius 3 is 2.70 bits per heavy atom. The standard InChI is InChI=1S/C22H37BrO4/c1-4-5-10-14-22(2,26)15-13-18-17(19(23)16-20(18)24)11-8-6-7-9-12-21(25)27-3/h6,8,13,15,17-20,24,26H,4-5,7,9-12,14,16H2,1-3H3/b8-6-,15-13+/t17-,18-,19-,20-,22?/m1/s1. The highest BCUT2D eigenvalue weighted by Crippen LogP contribution is 2.40. The van der Waals surface area contributed by atoms with Gasteiger partial charge in [-0.1, -0.05) is 66.4 Å². The highest BCUT2D eigenvalue weighted by molar-refractivity contribution is 9.09. The van der Waals surface area contributed by atoms with E-state index in [1.807, 2.05) is 19.1 Å². The van der Waals surface area contributed by atoms with E-state index in [9.17, 15) is 15.0 Å². The quantitative estimate of drug-likeness (QED) is 0.194. The molecule has 1 saturated carbocycles. The molecule has 5 heteroatoms. The molecule has 4 nitrogen and oxygen atoms in total. The molecular weight excluding hydrogens is 408 g/mol. The number of unbranched alkanes of at least 4 members (excludes halogenated alkanes) is 3. The lowest BCUT2D eigenvalue weighted by Gasteiger charge is -2.23. The van der Waals surface area contributed by atoms with E-state index in [0.717, 1.165) is 51.4 Å². The maximum atomic E-state index is 11.1. The first-order valence-corrected chi connectivity index (χ1v) is 11.2. The molecule has 1 aliphatic carbocycles. The number of aliphatic hydroxyl groups excluding tert-OH is 1. The van der Waals surface area contributed by atoms with Crippen LogP contribution in [-0.4, -0.2) is 39.8 Å². The molecule has 1 rings (SSSR count). The van der Waals surface area contributed by atoms with Gasteiger partial charge in [0, 0.05) is 17.2 Å². The second-order valence-electron chi connectivity index (χ2n) is 7.91. The summed E-state index contributed by atoms with van der Waals surface area (Å²) < 4.78 is 4.64. The second kappa shape index (κ2) is 12.7. The van der Waals surface area contributed by atoms with Gasteiger partial charge in [-0.3, -0.25) is 4.79 Å². The number of carbonyl (C=O) groups is 1. The van der Waals surface area contributed by atoms with E-state index in [-0.39, 0.29) is 22.8 Å². The van der Waals surface area contributed by atoms with Gasteiger partial charge in [-0.05, 0) is 44.9 Å². The summed E-state index contributed by atoms with van der Waals surface area (Å²) >= 11 is 3.72. The molecule has 0 saturated heterocycles. The highest BCUT2D eigenvalue weighted by atomic mass is 79.9. The van der Waals surface area contributed by atoms with Crippen LogP contribution in [0, 0.1) is 11.8 Å². The summed E-state index contributed by atoms with van der Waals surface area (Å²) in [7, 11) is 1.41. The van der Waals surface area contributed by atoms with Crippen molar-refractivity contribution in [2.45, 2.75) is 88.2 Å². The molecule has 0 aromatic carbocycles. The van der Waals surface area contributed by atoms with Gasteiger partial charge in [-0.15, -0.1) is 0 Å². The fourth-order valence-corrected chi connectivity index (χ4v) is 4.59. The molecule has 0 aliphatic heterocycles. The van der Waals surface area contributed by atoms with Gasteiger partial charge in [0.25, 0.3) is 0 Å². The summed E-state index contributed by atoms with van der Waals surface area (Å²) in [5.74, 6) is 0.185. The lowest BCUT2D eigenvalue weighted by Crippen LogP contribution is -2.23. The maximum Gasteiger partial charge on any atom is 0.305 e. The van der Waals surface area contributed by atoms with Gasteiger partial charge < -0.3 is 14.9 Å². The number of alkyl halides is 1. The molecule has 1 unspecified atom stereocenters. The number of rotatable bonds is 12. The number of carbonyl (C=O) groups excluding carboxylic acids is 1. The van der Waals surface area contributed by atoms with Crippen molar-refractivity contribution < 1.29 is 19.7 Å². The molecular formula is C22H37BrO4. The number of esters is 1. The van der Waals surface area contributed by atoms with Gasteiger partial charge in [0.15, 0.2) is 0 Å². The number of methoxy groups -OCH3 is 1. The predicted octanol–water partition coefficient (Wildman–Crippen LogP) is 4.92. The molecule has 0 bridgehead atoms. The Labute approximate surface area is 173 Å². The van der Waals surface area contributed by atoms with Crippen LogP contribution < -0.4 is 0 Å². The van der Waals surface area contributed by atoms with Crippen LogP contribution in [0.4, 0.5) is 0 Å². The van der Waals surface area contributed by atoms with E-state index >= 15 is 0 Å². The van der Waals surface area contributed by atoms with Crippen LogP contribution in [0.25, 0.3) is 0 Å². The van der Waals surface area contributed by atoms with Crippen molar-refractivity contribution in [2.24, 2.45) is 11.8 Å². The van der Waals surface area contributed by atoms with Crippen molar-refractivity contribution in [3.63, 3.8) is 0 Å². The first-order valence-electron chi connectivity index (χ1n) is 10.3. The van der Waals surface area contributed by atoms with E-state index in [0.29, 0.717) is 12.3 Å². The van der Waals surface area contributed by atoms with Crippen molar-refractivity contribution in [2.75, 3.05) is 7.11 Å². The SMILES string of the molecule is CCCCCC(C)(O)/C=C/[C@@H]1[C@@H](C/C=C\CCCC(=O)OC)[C@H](Br)C[C@H]1O. The fraction of sp³-hybridized carbons (Fsp3) is 0.773. The second-order valence-corrected chi connectivity index (χ2v) is 9.09. The molecule has 156 valence electrons. The van der Waals surface area contributed by atoms with E-state index in [2.05, 4.69) is 39.7 Å². The number of allylic oxidation sites excluding steroid dienone is 2.